The number of aryl methyl sites for hydroxylation is 2. The van der Waals surface area contributed by atoms with E-state index in [4.69, 9.17) is 5.73 Å². The highest BCUT2D eigenvalue weighted by atomic mass is 32.2. The summed E-state index contributed by atoms with van der Waals surface area (Å²) in [5, 5.41) is 3.94. The van der Waals surface area contributed by atoms with E-state index in [1.807, 2.05) is 12.3 Å². The molecule has 5 heteroatoms. The van der Waals surface area contributed by atoms with Crippen molar-refractivity contribution < 1.29 is 0 Å². The quantitative estimate of drug-likeness (QED) is 0.655. The average Bonchev–Trinajstić information content (AvgIpc) is 2.32. The summed E-state index contributed by atoms with van der Waals surface area (Å²) in [4.78, 5) is 8.49. The van der Waals surface area contributed by atoms with E-state index in [2.05, 4.69) is 41.3 Å². The molecule has 0 aliphatic rings. The lowest BCUT2D eigenvalue weighted by Gasteiger charge is -2.10. The maximum atomic E-state index is 5.75. The second-order valence-corrected chi connectivity index (χ2v) is 4.88. The third-order valence-corrected chi connectivity index (χ3v) is 3.10. The van der Waals surface area contributed by atoms with E-state index < -0.39 is 0 Å². The summed E-state index contributed by atoms with van der Waals surface area (Å²) in [6, 6.07) is 7.97. The van der Waals surface area contributed by atoms with E-state index >= 15 is 0 Å². The summed E-state index contributed by atoms with van der Waals surface area (Å²) in [6.45, 7) is 4.14. The van der Waals surface area contributed by atoms with E-state index in [1.54, 1.807) is 6.07 Å². The van der Waals surface area contributed by atoms with Crippen LogP contribution in [-0.2, 0) is 0 Å². The summed E-state index contributed by atoms with van der Waals surface area (Å²) < 4.78 is 0. The SMILES string of the molecule is CSc1nc(N)cc(Nc2ccc(C)cc2C)n1. The highest BCUT2D eigenvalue weighted by Crippen LogP contribution is 2.22. The van der Waals surface area contributed by atoms with Crippen LogP contribution in [0.15, 0.2) is 29.4 Å². The van der Waals surface area contributed by atoms with Crippen LogP contribution in [0, 0.1) is 13.8 Å². The van der Waals surface area contributed by atoms with Gasteiger partial charge in [0.2, 0.25) is 0 Å². The van der Waals surface area contributed by atoms with Crippen LogP contribution in [0.3, 0.4) is 0 Å². The smallest absolute Gasteiger partial charge is 0.191 e. The lowest BCUT2D eigenvalue weighted by atomic mass is 10.1. The molecule has 18 heavy (non-hydrogen) atoms. The molecule has 0 spiro atoms. The van der Waals surface area contributed by atoms with E-state index in [1.165, 1.54) is 22.9 Å². The molecule has 0 aliphatic heterocycles. The second-order valence-electron chi connectivity index (χ2n) is 4.11. The van der Waals surface area contributed by atoms with Gasteiger partial charge in [-0.25, -0.2) is 9.97 Å². The van der Waals surface area contributed by atoms with Crippen LogP contribution in [0.4, 0.5) is 17.3 Å². The molecule has 2 aromatic rings. The minimum absolute atomic E-state index is 0.474. The summed E-state index contributed by atoms with van der Waals surface area (Å²) in [5.41, 5.74) is 9.20. The average molecular weight is 260 g/mol. The molecule has 0 unspecified atom stereocenters. The number of nitrogens with one attached hydrogen (secondary N) is 1. The van der Waals surface area contributed by atoms with Crippen molar-refractivity contribution in [2.24, 2.45) is 0 Å². The molecule has 2 rings (SSSR count). The monoisotopic (exact) mass is 260 g/mol. The van der Waals surface area contributed by atoms with Crippen molar-refractivity contribution in [1.82, 2.24) is 9.97 Å². The van der Waals surface area contributed by atoms with E-state index in [0.29, 0.717) is 11.0 Å². The Balaban J connectivity index is 2.30. The molecule has 1 aromatic carbocycles. The predicted octanol–water partition coefficient (Wildman–Crippen LogP) is 3.14. The van der Waals surface area contributed by atoms with Gasteiger partial charge in [-0.15, -0.1) is 0 Å². The molecule has 0 saturated heterocycles. The van der Waals surface area contributed by atoms with E-state index in [9.17, 15) is 0 Å². The summed E-state index contributed by atoms with van der Waals surface area (Å²) in [5.74, 6) is 1.19. The van der Waals surface area contributed by atoms with Crippen LogP contribution in [-0.4, -0.2) is 16.2 Å². The fourth-order valence-electron chi connectivity index (χ4n) is 1.69. The lowest BCUT2D eigenvalue weighted by molar-refractivity contribution is 0.984. The second kappa shape index (κ2) is 5.27. The van der Waals surface area contributed by atoms with E-state index in [0.717, 1.165) is 11.5 Å². The number of hydrogen-bond donors (Lipinski definition) is 2. The van der Waals surface area contributed by atoms with Gasteiger partial charge < -0.3 is 11.1 Å². The standard InChI is InChI=1S/C13H16N4S/c1-8-4-5-10(9(2)6-8)15-12-7-11(14)16-13(17-12)18-3/h4-7H,1-3H3,(H3,14,15,16,17). The van der Waals surface area contributed by atoms with Gasteiger partial charge in [0, 0.05) is 11.8 Å². The van der Waals surface area contributed by atoms with Gasteiger partial charge in [0.1, 0.15) is 11.6 Å². The number of thioether (sulfide) groups is 1. The lowest BCUT2D eigenvalue weighted by Crippen LogP contribution is -2.01. The molecule has 0 atom stereocenters. The topological polar surface area (TPSA) is 63.8 Å². The molecule has 4 nitrogen and oxygen atoms in total. The Morgan fingerprint density at radius 1 is 1.17 bits per heavy atom. The maximum absolute atomic E-state index is 5.75. The Bertz CT molecular complexity index is 569. The predicted molar refractivity (Wildman–Crippen MR) is 77.4 cm³/mol. The van der Waals surface area contributed by atoms with Crippen molar-refractivity contribution >= 4 is 29.1 Å². The number of rotatable bonds is 3. The molecule has 1 aromatic heterocycles. The highest BCUT2D eigenvalue weighted by Gasteiger charge is 2.04. The Hall–Kier alpha value is -1.75. The number of benzene rings is 1. The number of hydrogen-bond acceptors (Lipinski definition) is 5. The Morgan fingerprint density at radius 2 is 1.94 bits per heavy atom. The molecular formula is C13H16N4S. The molecular weight excluding hydrogens is 244 g/mol. The van der Waals surface area contributed by atoms with Crippen LogP contribution >= 0.6 is 11.8 Å². The van der Waals surface area contributed by atoms with Crippen molar-refractivity contribution in [3.63, 3.8) is 0 Å². The van der Waals surface area contributed by atoms with Gasteiger partial charge in [0.25, 0.3) is 0 Å². The van der Waals surface area contributed by atoms with Gasteiger partial charge in [-0.1, -0.05) is 29.5 Å². The molecule has 3 N–H and O–H groups in total. The number of nitrogen functional groups attached to an aromatic ring is 1. The molecule has 0 radical (unpaired) electrons. The Kier molecular flexibility index (Phi) is 3.72. The first kappa shape index (κ1) is 12.7. The van der Waals surface area contributed by atoms with Crippen molar-refractivity contribution in [3.8, 4) is 0 Å². The van der Waals surface area contributed by atoms with Crippen molar-refractivity contribution in [1.29, 1.82) is 0 Å². The zero-order valence-corrected chi connectivity index (χ0v) is 11.5. The summed E-state index contributed by atoms with van der Waals surface area (Å²) in [7, 11) is 0. The number of nitrogens with two attached hydrogens (primary N) is 1. The van der Waals surface area contributed by atoms with Crippen molar-refractivity contribution in [3.05, 3.63) is 35.4 Å². The molecule has 1 heterocycles. The van der Waals surface area contributed by atoms with Gasteiger partial charge in [-0.05, 0) is 31.7 Å². The minimum atomic E-state index is 0.474. The Labute approximate surface area is 111 Å². The fourth-order valence-corrected chi connectivity index (χ4v) is 2.08. The molecule has 94 valence electrons. The first-order valence-electron chi connectivity index (χ1n) is 5.61. The third-order valence-electron chi connectivity index (χ3n) is 2.55. The van der Waals surface area contributed by atoms with Gasteiger partial charge in [0.05, 0.1) is 0 Å². The zero-order chi connectivity index (χ0) is 13.1. The highest BCUT2D eigenvalue weighted by molar-refractivity contribution is 7.98. The number of anilines is 3. The van der Waals surface area contributed by atoms with E-state index in [-0.39, 0.29) is 0 Å². The van der Waals surface area contributed by atoms with Crippen LogP contribution < -0.4 is 11.1 Å². The summed E-state index contributed by atoms with van der Waals surface area (Å²) in [6.07, 6.45) is 1.93. The first-order valence-corrected chi connectivity index (χ1v) is 6.84. The first-order chi connectivity index (χ1) is 8.58. The van der Waals surface area contributed by atoms with Crippen LogP contribution in [0.1, 0.15) is 11.1 Å². The fraction of sp³-hybridized carbons (Fsp3) is 0.231. The van der Waals surface area contributed by atoms with Crippen molar-refractivity contribution in [2.75, 3.05) is 17.3 Å². The van der Waals surface area contributed by atoms with Crippen molar-refractivity contribution in [2.45, 2.75) is 19.0 Å². The van der Waals surface area contributed by atoms with Gasteiger partial charge in [-0.2, -0.15) is 0 Å². The van der Waals surface area contributed by atoms with Crippen LogP contribution in [0.2, 0.25) is 0 Å². The number of nitrogens with zero attached hydrogens (tertiary/aromatic N) is 2. The molecule has 0 bridgehead atoms. The van der Waals surface area contributed by atoms with Crippen LogP contribution in [0.5, 0.6) is 0 Å². The number of aromatic nitrogens is 2. The molecule has 0 aliphatic carbocycles. The normalized spacial score (nSPS) is 10.4. The van der Waals surface area contributed by atoms with Gasteiger partial charge in [0.15, 0.2) is 5.16 Å². The minimum Gasteiger partial charge on any atom is -0.383 e. The van der Waals surface area contributed by atoms with Crippen LogP contribution in [0.25, 0.3) is 0 Å². The summed E-state index contributed by atoms with van der Waals surface area (Å²) >= 11 is 1.47. The molecule has 0 fully saturated rings. The van der Waals surface area contributed by atoms with Gasteiger partial charge >= 0.3 is 0 Å². The maximum Gasteiger partial charge on any atom is 0.191 e. The zero-order valence-electron chi connectivity index (χ0n) is 10.7. The third kappa shape index (κ3) is 2.92. The molecule has 0 amide bonds. The largest absolute Gasteiger partial charge is 0.383 e. The molecule has 0 saturated carbocycles. The van der Waals surface area contributed by atoms with Gasteiger partial charge in [-0.3, -0.25) is 0 Å². The Morgan fingerprint density at radius 3 is 2.61 bits per heavy atom.